The van der Waals surface area contributed by atoms with Gasteiger partial charge in [0.15, 0.2) is 0 Å². The molecule has 1 amide bonds. The Morgan fingerprint density at radius 2 is 2.15 bits per heavy atom. The van der Waals surface area contributed by atoms with Crippen LogP contribution in [0.4, 0.5) is 0 Å². The number of aromatic nitrogens is 2. The predicted octanol–water partition coefficient (Wildman–Crippen LogP) is 1.50. The molecule has 1 aliphatic heterocycles. The number of likely N-dealkylation sites (tertiary alicyclic amines) is 1. The summed E-state index contributed by atoms with van der Waals surface area (Å²) in [6.07, 6.45) is 4.40. The van der Waals surface area contributed by atoms with Gasteiger partial charge in [0.2, 0.25) is 5.91 Å². The number of hydrogen-bond acceptors (Lipinski definition) is 3. The lowest BCUT2D eigenvalue weighted by molar-refractivity contribution is -0.131. The molecule has 1 aliphatic rings. The first-order valence-electron chi connectivity index (χ1n) is 7.21. The zero-order valence-electron chi connectivity index (χ0n) is 13.3. The quantitative estimate of drug-likeness (QED) is 0.838. The second kappa shape index (κ2) is 5.56. The van der Waals surface area contributed by atoms with Crippen LogP contribution in [0.5, 0.6) is 0 Å². The van der Waals surface area contributed by atoms with Gasteiger partial charge in [0.1, 0.15) is 0 Å². The van der Waals surface area contributed by atoms with Gasteiger partial charge in [-0.3, -0.25) is 4.79 Å². The number of nitrogens with zero attached hydrogens (tertiary/aromatic N) is 4. The molecule has 0 N–H and O–H groups in total. The lowest BCUT2D eigenvalue weighted by Gasteiger charge is -2.32. The van der Waals surface area contributed by atoms with E-state index < -0.39 is 0 Å². The number of imidazole rings is 1. The molecular formula is C15H26N4O. The van der Waals surface area contributed by atoms with Gasteiger partial charge in [-0.15, -0.1) is 0 Å². The number of carbonyl (C=O) groups is 1. The average molecular weight is 278 g/mol. The van der Waals surface area contributed by atoms with Crippen molar-refractivity contribution in [3.05, 3.63) is 18.2 Å². The maximum atomic E-state index is 12.1. The molecular weight excluding hydrogens is 252 g/mol. The SMILES string of the molecule is CN(Cc1cncn1C)C[C@H]1CC(=O)N(C(C)(C)C)C1. The Morgan fingerprint density at radius 1 is 1.45 bits per heavy atom. The topological polar surface area (TPSA) is 41.4 Å². The molecule has 1 aromatic heterocycles. The smallest absolute Gasteiger partial charge is 0.223 e. The summed E-state index contributed by atoms with van der Waals surface area (Å²) in [4.78, 5) is 20.5. The van der Waals surface area contributed by atoms with Crippen LogP contribution in [0.15, 0.2) is 12.5 Å². The fourth-order valence-corrected chi connectivity index (χ4v) is 2.87. The second-order valence-corrected chi connectivity index (χ2v) is 6.94. The molecule has 0 radical (unpaired) electrons. The monoisotopic (exact) mass is 278 g/mol. The molecule has 0 aliphatic carbocycles. The number of hydrogen-bond donors (Lipinski definition) is 0. The summed E-state index contributed by atoms with van der Waals surface area (Å²) in [5, 5.41) is 0. The molecule has 5 heteroatoms. The third-order valence-electron chi connectivity index (χ3n) is 3.93. The summed E-state index contributed by atoms with van der Waals surface area (Å²) in [6, 6.07) is 0. The van der Waals surface area contributed by atoms with E-state index in [1.807, 2.05) is 29.0 Å². The van der Waals surface area contributed by atoms with E-state index in [4.69, 9.17) is 0 Å². The Kier molecular flexibility index (Phi) is 4.18. The molecule has 5 nitrogen and oxygen atoms in total. The van der Waals surface area contributed by atoms with E-state index in [-0.39, 0.29) is 11.4 Å². The van der Waals surface area contributed by atoms with Crippen LogP contribution in [-0.2, 0) is 18.4 Å². The highest BCUT2D eigenvalue weighted by molar-refractivity contribution is 5.79. The minimum Gasteiger partial charge on any atom is -0.338 e. The van der Waals surface area contributed by atoms with Crippen LogP contribution in [0.1, 0.15) is 32.9 Å². The first-order chi connectivity index (χ1) is 9.27. The summed E-state index contributed by atoms with van der Waals surface area (Å²) in [6.45, 7) is 9.00. The number of aryl methyl sites for hydroxylation is 1. The van der Waals surface area contributed by atoms with Gasteiger partial charge in [0.05, 0.1) is 12.0 Å². The highest BCUT2D eigenvalue weighted by atomic mass is 16.2. The van der Waals surface area contributed by atoms with Crippen molar-refractivity contribution < 1.29 is 4.79 Å². The molecule has 112 valence electrons. The average Bonchev–Trinajstić information content (AvgIpc) is 2.85. The van der Waals surface area contributed by atoms with Crippen LogP contribution in [0.25, 0.3) is 0 Å². The van der Waals surface area contributed by atoms with Crippen LogP contribution in [0.3, 0.4) is 0 Å². The number of carbonyl (C=O) groups excluding carboxylic acids is 1. The Bertz CT molecular complexity index is 474. The molecule has 2 rings (SSSR count). The van der Waals surface area contributed by atoms with E-state index in [1.165, 1.54) is 5.69 Å². The molecule has 1 atom stereocenters. The molecule has 0 saturated carbocycles. The van der Waals surface area contributed by atoms with Crippen LogP contribution in [0.2, 0.25) is 0 Å². The summed E-state index contributed by atoms with van der Waals surface area (Å²) < 4.78 is 2.04. The van der Waals surface area contributed by atoms with Gasteiger partial charge >= 0.3 is 0 Å². The van der Waals surface area contributed by atoms with E-state index >= 15 is 0 Å². The molecule has 0 aromatic carbocycles. The molecule has 0 bridgehead atoms. The largest absolute Gasteiger partial charge is 0.338 e. The van der Waals surface area contributed by atoms with Gasteiger partial charge in [-0.05, 0) is 33.7 Å². The Labute approximate surface area is 121 Å². The highest BCUT2D eigenvalue weighted by Crippen LogP contribution is 2.26. The number of amides is 1. The summed E-state index contributed by atoms with van der Waals surface area (Å²) >= 11 is 0. The van der Waals surface area contributed by atoms with Gasteiger partial charge in [-0.1, -0.05) is 0 Å². The van der Waals surface area contributed by atoms with Crippen molar-refractivity contribution in [2.45, 2.75) is 39.3 Å². The number of rotatable bonds is 4. The minimum atomic E-state index is -0.0631. The first kappa shape index (κ1) is 15.0. The highest BCUT2D eigenvalue weighted by Gasteiger charge is 2.36. The standard InChI is InChI=1S/C15H26N4O/c1-15(2,3)19-9-12(6-14(19)20)8-17(4)10-13-7-16-11-18(13)5/h7,11-12H,6,8-10H2,1-5H3/t12-/m1/s1. The zero-order chi connectivity index (χ0) is 14.9. The van der Waals surface area contributed by atoms with Gasteiger partial charge in [-0.25, -0.2) is 4.98 Å². The van der Waals surface area contributed by atoms with Crippen molar-refractivity contribution in [2.24, 2.45) is 13.0 Å². The van der Waals surface area contributed by atoms with Crippen LogP contribution < -0.4 is 0 Å². The molecule has 1 saturated heterocycles. The molecule has 0 spiro atoms. The zero-order valence-corrected chi connectivity index (χ0v) is 13.3. The Balaban J connectivity index is 1.89. The second-order valence-electron chi connectivity index (χ2n) is 6.94. The first-order valence-corrected chi connectivity index (χ1v) is 7.21. The van der Waals surface area contributed by atoms with E-state index in [0.717, 1.165) is 19.6 Å². The third-order valence-corrected chi connectivity index (χ3v) is 3.93. The molecule has 1 aromatic rings. The summed E-state index contributed by atoms with van der Waals surface area (Å²) in [5.74, 6) is 0.719. The fourth-order valence-electron chi connectivity index (χ4n) is 2.87. The van der Waals surface area contributed by atoms with Crippen molar-refractivity contribution in [1.29, 1.82) is 0 Å². The van der Waals surface area contributed by atoms with E-state index in [9.17, 15) is 4.79 Å². The van der Waals surface area contributed by atoms with Crippen molar-refractivity contribution in [3.63, 3.8) is 0 Å². The van der Waals surface area contributed by atoms with Crippen molar-refractivity contribution >= 4 is 5.91 Å². The molecule has 20 heavy (non-hydrogen) atoms. The molecule has 2 heterocycles. The van der Waals surface area contributed by atoms with Crippen molar-refractivity contribution in [1.82, 2.24) is 19.4 Å². The maximum absolute atomic E-state index is 12.1. The minimum absolute atomic E-state index is 0.0631. The Hall–Kier alpha value is -1.36. The molecule has 1 fully saturated rings. The lowest BCUT2D eigenvalue weighted by atomic mass is 10.1. The normalized spacial score (nSPS) is 20.2. The third kappa shape index (κ3) is 3.39. The predicted molar refractivity (Wildman–Crippen MR) is 79.1 cm³/mol. The van der Waals surface area contributed by atoms with Crippen molar-refractivity contribution in [3.8, 4) is 0 Å². The van der Waals surface area contributed by atoms with Gasteiger partial charge in [0.25, 0.3) is 0 Å². The molecule has 0 unspecified atom stereocenters. The summed E-state index contributed by atoms with van der Waals surface area (Å²) in [5.41, 5.74) is 1.14. The lowest BCUT2D eigenvalue weighted by Crippen LogP contribution is -2.42. The fraction of sp³-hybridized carbons (Fsp3) is 0.733. The van der Waals surface area contributed by atoms with Gasteiger partial charge in [-0.2, -0.15) is 0 Å². The van der Waals surface area contributed by atoms with Crippen LogP contribution in [-0.4, -0.2) is 50.9 Å². The van der Waals surface area contributed by atoms with Gasteiger partial charge in [0, 0.05) is 44.8 Å². The Morgan fingerprint density at radius 3 is 2.65 bits per heavy atom. The maximum Gasteiger partial charge on any atom is 0.223 e. The van der Waals surface area contributed by atoms with Crippen LogP contribution >= 0.6 is 0 Å². The van der Waals surface area contributed by atoms with E-state index in [0.29, 0.717) is 12.3 Å². The summed E-state index contributed by atoms with van der Waals surface area (Å²) in [7, 11) is 4.12. The van der Waals surface area contributed by atoms with Crippen molar-refractivity contribution in [2.75, 3.05) is 20.1 Å². The van der Waals surface area contributed by atoms with E-state index in [2.05, 4.69) is 37.7 Å². The van der Waals surface area contributed by atoms with Gasteiger partial charge < -0.3 is 14.4 Å². The van der Waals surface area contributed by atoms with E-state index in [1.54, 1.807) is 0 Å². The van der Waals surface area contributed by atoms with Crippen LogP contribution in [0, 0.1) is 5.92 Å².